The van der Waals surface area contributed by atoms with Crippen LogP contribution in [0.25, 0.3) is 11.6 Å². The number of nitrogens with one attached hydrogen (secondary N) is 1. The van der Waals surface area contributed by atoms with E-state index in [9.17, 15) is 9.90 Å². The first-order valence-corrected chi connectivity index (χ1v) is 6.72. The molecule has 0 aliphatic carbocycles. The molecule has 0 saturated carbocycles. The molecule has 3 rings (SSSR count). The molecule has 2 aromatic rings. The van der Waals surface area contributed by atoms with Gasteiger partial charge >= 0.3 is 0 Å². The van der Waals surface area contributed by atoms with Gasteiger partial charge in [-0.05, 0) is 11.6 Å². The summed E-state index contributed by atoms with van der Waals surface area (Å²) in [4.78, 5) is 12.2. The van der Waals surface area contributed by atoms with Gasteiger partial charge in [0.05, 0.1) is 31.0 Å². The number of ether oxygens (including phenoxy) is 2. The Kier molecular flexibility index (Phi) is 3.47. The summed E-state index contributed by atoms with van der Waals surface area (Å²) in [5.41, 5.74) is 2.18. The van der Waals surface area contributed by atoms with Crippen LogP contribution in [0.15, 0.2) is 36.4 Å². The van der Waals surface area contributed by atoms with Gasteiger partial charge in [0.1, 0.15) is 0 Å². The van der Waals surface area contributed by atoms with Gasteiger partial charge in [0.15, 0.2) is 11.5 Å². The maximum absolute atomic E-state index is 12.2. The van der Waals surface area contributed by atoms with Gasteiger partial charge in [0.2, 0.25) is 5.75 Å². The predicted molar refractivity (Wildman–Crippen MR) is 84.2 cm³/mol. The summed E-state index contributed by atoms with van der Waals surface area (Å²) in [5.74, 6) is 0.179. The Morgan fingerprint density at radius 3 is 2.50 bits per heavy atom. The molecule has 2 N–H and O–H groups in total. The minimum absolute atomic E-state index is 0.114. The van der Waals surface area contributed by atoms with E-state index in [2.05, 4.69) is 5.32 Å². The second-order valence-electron chi connectivity index (χ2n) is 4.81. The number of phenolic OH excluding ortho intramolecular Hbond substituents is 1. The number of aromatic hydroxyl groups is 1. The number of anilines is 1. The van der Waals surface area contributed by atoms with Crippen molar-refractivity contribution in [1.29, 1.82) is 0 Å². The van der Waals surface area contributed by atoms with E-state index in [0.717, 1.165) is 5.56 Å². The van der Waals surface area contributed by atoms with Crippen LogP contribution in [0, 0.1) is 0 Å². The first kappa shape index (κ1) is 14.0. The molecule has 1 aliphatic heterocycles. The summed E-state index contributed by atoms with van der Waals surface area (Å²) in [6.45, 7) is 0. The van der Waals surface area contributed by atoms with Crippen molar-refractivity contribution in [3.8, 4) is 17.2 Å². The summed E-state index contributed by atoms with van der Waals surface area (Å²) in [6.07, 6.45) is 1.73. The van der Waals surface area contributed by atoms with Crippen LogP contribution in [0.5, 0.6) is 17.2 Å². The molecule has 1 aliphatic rings. The van der Waals surface area contributed by atoms with Crippen LogP contribution in [-0.2, 0) is 4.79 Å². The molecular weight excluding hydrogens is 282 g/mol. The molecule has 0 bridgehead atoms. The molecule has 5 heteroatoms. The average molecular weight is 297 g/mol. The highest BCUT2D eigenvalue weighted by Crippen LogP contribution is 2.49. The zero-order valence-corrected chi connectivity index (χ0v) is 12.2. The molecule has 0 atom stereocenters. The second kappa shape index (κ2) is 5.44. The highest BCUT2D eigenvalue weighted by molar-refractivity contribution is 6.35. The van der Waals surface area contributed by atoms with E-state index >= 15 is 0 Å². The van der Waals surface area contributed by atoms with Crippen LogP contribution in [-0.4, -0.2) is 25.2 Å². The Morgan fingerprint density at radius 1 is 1.14 bits per heavy atom. The number of hydrogen-bond acceptors (Lipinski definition) is 4. The van der Waals surface area contributed by atoms with Crippen molar-refractivity contribution in [2.45, 2.75) is 0 Å². The van der Waals surface area contributed by atoms with Crippen LogP contribution in [0.3, 0.4) is 0 Å². The number of hydrogen-bond donors (Lipinski definition) is 2. The summed E-state index contributed by atoms with van der Waals surface area (Å²) < 4.78 is 10.4. The smallest absolute Gasteiger partial charge is 0.256 e. The van der Waals surface area contributed by atoms with Crippen LogP contribution in [0.2, 0.25) is 0 Å². The monoisotopic (exact) mass is 297 g/mol. The van der Waals surface area contributed by atoms with Crippen molar-refractivity contribution < 1.29 is 19.4 Å². The third-order valence-electron chi connectivity index (χ3n) is 3.52. The lowest BCUT2D eigenvalue weighted by Crippen LogP contribution is -2.03. The minimum atomic E-state index is -0.274. The molecule has 0 saturated heterocycles. The quantitative estimate of drug-likeness (QED) is 0.855. The van der Waals surface area contributed by atoms with Crippen molar-refractivity contribution in [3.05, 3.63) is 47.5 Å². The lowest BCUT2D eigenvalue weighted by Gasteiger charge is -2.12. The van der Waals surface area contributed by atoms with E-state index in [1.54, 1.807) is 12.1 Å². The topological polar surface area (TPSA) is 67.8 Å². The maximum atomic E-state index is 12.2. The predicted octanol–water partition coefficient (Wildman–Crippen LogP) is 2.90. The van der Waals surface area contributed by atoms with Crippen LogP contribution in [0.1, 0.15) is 11.1 Å². The number of methoxy groups -OCH3 is 2. The Morgan fingerprint density at radius 2 is 1.86 bits per heavy atom. The van der Waals surface area contributed by atoms with Crippen molar-refractivity contribution in [1.82, 2.24) is 0 Å². The number of benzene rings is 2. The van der Waals surface area contributed by atoms with Gasteiger partial charge in [-0.15, -0.1) is 0 Å². The Labute approximate surface area is 127 Å². The van der Waals surface area contributed by atoms with E-state index in [0.29, 0.717) is 22.6 Å². The fraction of sp³-hybridized carbons (Fsp3) is 0.118. The van der Waals surface area contributed by atoms with Gasteiger partial charge in [-0.3, -0.25) is 4.79 Å². The average Bonchev–Trinajstić information content (AvgIpc) is 2.84. The molecule has 1 heterocycles. The summed E-state index contributed by atoms with van der Waals surface area (Å²) >= 11 is 0. The van der Waals surface area contributed by atoms with Crippen LogP contribution < -0.4 is 14.8 Å². The van der Waals surface area contributed by atoms with Crippen molar-refractivity contribution in [2.24, 2.45) is 0 Å². The zero-order chi connectivity index (χ0) is 15.7. The Balaban J connectivity index is 2.19. The van der Waals surface area contributed by atoms with E-state index in [1.807, 2.05) is 30.3 Å². The third-order valence-corrected chi connectivity index (χ3v) is 3.52. The molecule has 0 fully saturated rings. The van der Waals surface area contributed by atoms with Gasteiger partial charge in [-0.25, -0.2) is 0 Å². The zero-order valence-electron chi connectivity index (χ0n) is 12.2. The number of carbonyl (C=O) groups excluding carboxylic acids is 1. The highest BCUT2D eigenvalue weighted by atomic mass is 16.5. The molecule has 0 spiro atoms. The van der Waals surface area contributed by atoms with E-state index < -0.39 is 0 Å². The largest absolute Gasteiger partial charge is 0.504 e. The fourth-order valence-electron chi connectivity index (χ4n) is 2.50. The van der Waals surface area contributed by atoms with Gasteiger partial charge in [0, 0.05) is 6.07 Å². The fourth-order valence-corrected chi connectivity index (χ4v) is 2.50. The molecule has 2 aromatic carbocycles. The van der Waals surface area contributed by atoms with E-state index in [-0.39, 0.29) is 17.4 Å². The third kappa shape index (κ3) is 2.16. The van der Waals surface area contributed by atoms with Gasteiger partial charge in [-0.1, -0.05) is 30.3 Å². The van der Waals surface area contributed by atoms with Gasteiger partial charge in [-0.2, -0.15) is 0 Å². The molecule has 112 valence electrons. The Hall–Kier alpha value is -2.95. The molecule has 22 heavy (non-hydrogen) atoms. The first-order valence-electron chi connectivity index (χ1n) is 6.72. The number of fused-ring (bicyclic) bond motifs is 1. The molecular formula is C17H15NO4. The van der Waals surface area contributed by atoms with E-state index in [1.165, 1.54) is 14.2 Å². The van der Waals surface area contributed by atoms with Crippen LogP contribution >= 0.6 is 0 Å². The van der Waals surface area contributed by atoms with Crippen molar-refractivity contribution >= 4 is 23.2 Å². The van der Waals surface area contributed by atoms with Crippen molar-refractivity contribution in [3.63, 3.8) is 0 Å². The number of carbonyl (C=O) groups is 1. The maximum Gasteiger partial charge on any atom is 0.256 e. The van der Waals surface area contributed by atoms with Crippen LogP contribution in [0.4, 0.5) is 5.69 Å². The standard InChI is InChI=1S/C17H15NO4/c1-21-13-9-12-14(15(19)16(13)22-2)11(17(20)18-12)8-10-6-4-3-5-7-10/h3-9,19H,1-2H3,(H,18,20). The Bertz CT molecular complexity index is 766. The minimum Gasteiger partial charge on any atom is -0.504 e. The van der Waals surface area contributed by atoms with Crippen molar-refractivity contribution in [2.75, 3.05) is 19.5 Å². The van der Waals surface area contributed by atoms with Gasteiger partial charge < -0.3 is 19.9 Å². The SMILES string of the molecule is COc1cc2c(c(O)c1OC)C(=Cc1ccccc1)C(=O)N2. The lowest BCUT2D eigenvalue weighted by atomic mass is 10.0. The number of amides is 1. The first-order chi connectivity index (χ1) is 10.7. The molecule has 1 amide bonds. The molecule has 0 unspecified atom stereocenters. The lowest BCUT2D eigenvalue weighted by molar-refractivity contribution is -0.110. The highest BCUT2D eigenvalue weighted by Gasteiger charge is 2.31. The normalized spacial score (nSPS) is 14.6. The van der Waals surface area contributed by atoms with Gasteiger partial charge in [0.25, 0.3) is 5.91 Å². The van der Waals surface area contributed by atoms with E-state index in [4.69, 9.17) is 9.47 Å². The second-order valence-corrected chi connectivity index (χ2v) is 4.81. The number of phenols is 1. The summed E-state index contributed by atoms with van der Waals surface area (Å²) in [7, 11) is 2.91. The molecule has 5 nitrogen and oxygen atoms in total. The molecule has 0 radical (unpaired) electrons. The number of rotatable bonds is 3. The molecule has 0 aromatic heterocycles. The summed E-state index contributed by atoms with van der Waals surface area (Å²) in [5, 5.41) is 13.2. The summed E-state index contributed by atoms with van der Waals surface area (Å²) in [6, 6.07) is 11.1.